The molecular weight excluding hydrogens is 368 g/mol. The second-order valence-corrected chi connectivity index (χ2v) is 6.50. The summed E-state index contributed by atoms with van der Waals surface area (Å²) in [5.41, 5.74) is 1.18. The molecule has 0 bridgehead atoms. The normalized spacial score (nSPS) is 19.4. The molecule has 3 N–H and O–H groups in total. The van der Waals surface area contributed by atoms with Crippen molar-refractivity contribution in [2.75, 3.05) is 12.4 Å². The van der Waals surface area contributed by atoms with Crippen LogP contribution in [0.2, 0.25) is 0 Å². The number of rotatable bonds is 5. The van der Waals surface area contributed by atoms with Crippen molar-refractivity contribution in [1.29, 1.82) is 0 Å². The van der Waals surface area contributed by atoms with Crippen molar-refractivity contribution in [3.05, 3.63) is 41.6 Å². The van der Waals surface area contributed by atoms with E-state index in [1.165, 1.54) is 7.05 Å². The zero-order chi connectivity index (χ0) is 20.4. The minimum atomic E-state index is -1.07. The number of benzene rings is 1. The third-order valence-electron chi connectivity index (χ3n) is 4.43. The molecule has 1 saturated heterocycles. The Morgan fingerprint density at radius 3 is 2.75 bits per heavy atom. The Bertz CT molecular complexity index is 909. The highest BCUT2D eigenvalue weighted by Gasteiger charge is 2.42. The maximum atomic E-state index is 12.6. The molecule has 28 heavy (non-hydrogen) atoms. The third-order valence-corrected chi connectivity index (χ3v) is 4.43. The molecule has 10 heteroatoms. The minimum Gasteiger partial charge on any atom is -0.465 e. The van der Waals surface area contributed by atoms with Crippen LogP contribution in [0.3, 0.4) is 0 Å². The lowest BCUT2D eigenvalue weighted by Crippen LogP contribution is -2.54. The van der Waals surface area contributed by atoms with Crippen molar-refractivity contribution < 1.29 is 29.1 Å². The topological polar surface area (TPSA) is 136 Å². The summed E-state index contributed by atoms with van der Waals surface area (Å²) in [5, 5.41) is 13.9. The molecule has 1 aromatic rings. The zero-order valence-electron chi connectivity index (χ0n) is 15.0. The number of anilines is 1. The van der Waals surface area contributed by atoms with Gasteiger partial charge in [0, 0.05) is 31.8 Å². The number of nitrogens with one attached hydrogen (secondary N) is 2. The van der Waals surface area contributed by atoms with Crippen molar-refractivity contribution in [3.63, 3.8) is 0 Å². The first-order chi connectivity index (χ1) is 13.3. The average molecular weight is 386 g/mol. The van der Waals surface area contributed by atoms with E-state index in [9.17, 15) is 24.0 Å². The summed E-state index contributed by atoms with van der Waals surface area (Å²) in [6, 6.07) is 5.72. The molecule has 2 heterocycles. The summed E-state index contributed by atoms with van der Waals surface area (Å²) in [7, 11) is 1.43. The standard InChI is InChI=1S/C18H18N4O6/c1-21(18(27)28)9-10-3-2-4-11(7-10)19-12-8-15(24)22(17(12)26)13-5-6-14(23)20-16(13)25/h2-4,7-8,13,19H,5-6,9H2,1H3,(H,27,28)(H,20,23,25). The fourth-order valence-electron chi connectivity index (χ4n) is 3.04. The van der Waals surface area contributed by atoms with Gasteiger partial charge in [-0.3, -0.25) is 29.4 Å². The number of nitrogens with zero attached hydrogens (tertiary/aromatic N) is 2. The first-order valence-corrected chi connectivity index (χ1v) is 8.49. The fourth-order valence-corrected chi connectivity index (χ4v) is 3.04. The number of amides is 5. The molecule has 146 valence electrons. The predicted octanol–water partition coefficient (Wildman–Crippen LogP) is 0.266. The molecule has 1 fully saturated rings. The molecule has 2 aliphatic heterocycles. The maximum Gasteiger partial charge on any atom is 0.407 e. The van der Waals surface area contributed by atoms with Crippen molar-refractivity contribution >= 4 is 35.4 Å². The van der Waals surface area contributed by atoms with Gasteiger partial charge in [-0.25, -0.2) is 4.79 Å². The highest BCUT2D eigenvalue weighted by atomic mass is 16.4. The second kappa shape index (κ2) is 7.51. The third kappa shape index (κ3) is 3.85. The van der Waals surface area contributed by atoms with Crippen LogP contribution in [-0.4, -0.2) is 57.7 Å². The molecule has 1 aromatic carbocycles. The highest BCUT2D eigenvalue weighted by molar-refractivity contribution is 6.20. The number of carboxylic acid groups (broad SMARTS) is 1. The smallest absolute Gasteiger partial charge is 0.407 e. The molecule has 0 aliphatic carbocycles. The number of carbonyl (C=O) groups excluding carboxylic acids is 4. The summed E-state index contributed by atoms with van der Waals surface area (Å²) < 4.78 is 0. The Kier molecular flexibility index (Phi) is 5.12. The number of piperidine rings is 1. The van der Waals surface area contributed by atoms with E-state index in [1.54, 1.807) is 24.3 Å². The second-order valence-electron chi connectivity index (χ2n) is 6.50. The van der Waals surface area contributed by atoms with E-state index in [2.05, 4.69) is 10.6 Å². The van der Waals surface area contributed by atoms with Crippen LogP contribution >= 0.6 is 0 Å². The Balaban J connectivity index is 1.72. The van der Waals surface area contributed by atoms with Crippen molar-refractivity contribution in [1.82, 2.24) is 15.1 Å². The SMILES string of the molecule is CN(Cc1cccc(NC2=CC(=O)N(C3CCC(=O)NC3=O)C2=O)c1)C(=O)O. The van der Waals surface area contributed by atoms with E-state index in [4.69, 9.17) is 5.11 Å². The number of imide groups is 2. The first kappa shape index (κ1) is 19.1. The van der Waals surface area contributed by atoms with Gasteiger partial charge in [-0.05, 0) is 24.1 Å². The summed E-state index contributed by atoms with van der Waals surface area (Å²) in [4.78, 5) is 61.0. The van der Waals surface area contributed by atoms with E-state index in [1.807, 2.05) is 0 Å². The van der Waals surface area contributed by atoms with Gasteiger partial charge in [0.05, 0.1) is 0 Å². The van der Waals surface area contributed by atoms with E-state index >= 15 is 0 Å². The van der Waals surface area contributed by atoms with E-state index in [-0.39, 0.29) is 25.1 Å². The highest BCUT2D eigenvalue weighted by Crippen LogP contribution is 2.23. The molecule has 0 aromatic heterocycles. The van der Waals surface area contributed by atoms with Crippen LogP contribution in [0.4, 0.5) is 10.5 Å². The minimum absolute atomic E-state index is 0.00145. The molecule has 0 spiro atoms. The fraction of sp³-hybridized carbons (Fsp3) is 0.278. The van der Waals surface area contributed by atoms with E-state index in [0.717, 1.165) is 15.9 Å². The Morgan fingerprint density at radius 1 is 1.32 bits per heavy atom. The van der Waals surface area contributed by atoms with Gasteiger partial charge in [-0.2, -0.15) is 0 Å². The van der Waals surface area contributed by atoms with Gasteiger partial charge in [0.25, 0.3) is 11.8 Å². The van der Waals surface area contributed by atoms with Crippen LogP contribution in [0, 0.1) is 0 Å². The quantitative estimate of drug-likeness (QED) is 0.618. The molecule has 3 rings (SSSR count). The summed E-state index contributed by atoms with van der Waals surface area (Å²) in [5.74, 6) is -2.41. The van der Waals surface area contributed by atoms with Crippen LogP contribution in [0.25, 0.3) is 0 Å². The van der Waals surface area contributed by atoms with Gasteiger partial charge in [0.15, 0.2) is 0 Å². The van der Waals surface area contributed by atoms with Gasteiger partial charge in [0.2, 0.25) is 11.8 Å². The molecule has 0 saturated carbocycles. The van der Waals surface area contributed by atoms with Crippen molar-refractivity contribution in [2.24, 2.45) is 0 Å². The zero-order valence-corrected chi connectivity index (χ0v) is 15.0. The molecule has 5 amide bonds. The number of hydrogen-bond donors (Lipinski definition) is 3. The molecule has 1 atom stereocenters. The molecule has 10 nitrogen and oxygen atoms in total. The van der Waals surface area contributed by atoms with Gasteiger partial charge in [0.1, 0.15) is 11.7 Å². The monoisotopic (exact) mass is 386 g/mol. The van der Waals surface area contributed by atoms with Crippen molar-refractivity contribution in [2.45, 2.75) is 25.4 Å². The average Bonchev–Trinajstić information content (AvgIpc) is 2.89. The lowest BCUT2D eigenvalue weighted by Gasteiger charge is -2.28. The maximum absolute atomic E-state index is 12.6. The predicted molar refractivity (Wildman–Crippen MR) is 95.7 cm³/mol. The van der Waals surface area contributed by atoms with Crippen LogP contribution in [0.15, 0.2) is 36.0 Å². The van der Waals surface area contributed by atoms with Gasteiger partial charge < -0.3 is 15.3 Å². The summed E-state index contributed by atoms with van der Waals surface area (Å²) in [6.07, 6.45) is 0.162. The van der Waals surface area contributed by atoms with Gasteiger partial charge >= 0.3 is 6.09 Å². The van der Waals surface area contributed by atoms with Crippen LogP contribution in [-0.2, 0) is 25.7 Å². The number of hydrogen-bond acceptors (Lipinski definition) is 6. The molecule has 1 unspecified atom stereocenters. The summed E-state index contributed by atoms with van der Waals surface area (Å²) >= 11 is 0. The Hall–Kier alpha value is -3.69. The van der Waals surface area contributed by atoms with Crippen LogP contribution in [0.1, 0.15) is 18.4 Å². The Labute approximate surface area is 159 Å². The largest absolute Gasteiger partial charge is 0.465 e. The van der Waals surface area contributed by atoms with E-state index in [0.29, 0.717) is 11.3 Å². The molecule has 0 radical (unpaired) electrons. The first-order valence-electron chi connectivity index (χ1n) is 8.49. The van der Waals surface area contributed by atoms with Gasteiger partial charge in [-0.15, -0.1) is 0 Å². The number of carbonyl (C=O) groups is 5. The van der Waals surface area contributed by atoms with E-state index < -0.39 is 35.8 Å². The molecule has 2 aliphatic rings. The summed E-state index contributed by atoms with van der Waals surface area (Å²) in [6.45, 7) is 0.152. The van der Waals surface area contributed by atoms with Crippen LogP contribution in [0.5, 0.6) is 0 Å². The van der Waals surface area contributed by atoms with Crippen molar-refractivity contribution in [3.8, 4) is 0 Å². The van der Waals surface area contributed by atoms with Crippen LogP contribution < -0.4 is 10.6 Å². The lowest BCUT2D eigenvalue weighted by molar-refractivity contribution is -0.149. The molecular formula is C18H18N4O6. The van der Waals surface area contributed by atoms with Gasteiger partial charge in [-0.1, -0.05) is 12.1 Å². The lowest BCUT2D eigenvalue weighted by atomic mass is 10.0. The Morgan fingerprint density at radius 2 is 2.07 bits per heavy atom.